The van der Waals surface area contributed by atoms with Crippen LogP contribution in [0.1, 0.15) is 5.56 Å². The van der Waals surface area contributed by atoms with Crippen LogP contribution >= 0.6 is 0 Å². The predicted molar refractivity (Wildman–Crippen MR) is 31.6 cm³/mol. The van der Waals surface area contributed by atoms with Crippen LogP contribution in [0.25, 0.3) is 0 Å². The van der Waals surface area contributed by atoms with Crippen LogP contribution < -0.4 is 0 Å². The number of hydrogen-bond acceptors (Lipinski definition) is 0. The summed E-state index contributed by atoms with van der Waals surface area (Å²) in [5, 5.41) is 0. The molecule has 0 bridgehead atoms. The zero-order valence-corrected chi connectivity index (χ0v) is 7.22. The minimum atomic E-state index is -0.161. The van der Waals surface area contributed by atoms with E-state index in [4.69, 9.17) is 0 Å². The van der Waals surface area contributed by atoms with E-state index < -0.39 is 0 Å². The van der Waals surface area contributed by atoms with Crippen molar-refractivity contribution in [2.75, 3.05) is 0 Å². The fourth-order valence-electron chi connectivity index (χ4n) is 0.596. The number of benzene rings is 1. The second-order valence-corrected chi connectivity index (χ2v) is 2.41. The van der Waals surface area contributed by atoms with E-state index in [9.17, 15) is 4.39 Å². The molecule has 0 aromatic heterocycles. The van der Waals surface area contributed by atoms with Gasteiger partial charge in [0, 0.05) is 0 Å². The van der Waals surface area contributed by atoms with Crippen molar-refractivity contribution in [2.24, 2.45) is 0 Å². The average Bonchev–Trinajstić information content (AvgIpc) is 1.88. The molecule has 0 nitrogen and oxygen atoms in total. The van der Waals surface area contributed by atoms with Crippen LogP contribution in [0.5, 0.6) is 0 Å². The van der Waals surface area contributed by atoms with Crippen molar-refractivity contribution >= 4 is 3.71 Å². The van der Waals surface area contributed by atoms with Gasteiger partial charge in [-0.2, -0.15) is 0 Å². The van der Waals surface area contributed by atoms with Gasteiger partial charge in [0.1, 0.15) is 0 Å². The molecule has 0 N–H and O–H groups in total. The molecule has 0 fully saturated rings. The number of hydrogen-bond donors (Lipinski definition) is 0. The van der Waals surface area contributed by atoms with E-state index in [1.807, 2.05) is 9.78 Å². The Morgan fingerprint density at radius 2 is 2.22 bits per heavy atom. The third-order valence-electron chi connectivity index (χ3n) is 1.02. The molecule has 42 valence electrons. The number of rotatable bonds is 1. The average molecular weight is 199 g/mol. The first-order chi connectivity index (χ1) is 4.33. The molecule has 0 atom stereocenters. The molecule has 0 aliphatic heterocycles. The van der Waals surface area contributed by atoms with Gasteiger partial charge in [-0.05, 0) is 0 Å². The first-order valence-corrected chi connectivity index (χ1v) is 4.01. The molecule has 1 rings (SSSR count). The summed E-state index contributed by atoms with van der Waals surface area (Å²) in [6.45, 7) is 0. The van der Waals surface area contributed by atoms with Crippen molar-refractivity contribution < 1.29 is 28.6 Å². The van der Waals surface area contributed by atoms with Gasteiger partial charge in [0.25, 0.3) is 0 Å². The van der Waals surface area contributed by atoms with E-state index in [-0.39, 0.29) is 5.82 Å². The normalized spacial score (nSPS) is 9.22. The standard InChI is InChI=1S/C7H5F.Zr/c1-6-3-2-4-7(8)5-6;/h1-5H;/q;+2. The van der Waals surface area contributed by atoms with Crippen LogP contribution in [-0.2, 0) is 24.2 Å². The van der Waals surface area contributed by atoms with E-state index in [0.717, 1.165) is 5.56 Å². The van der Waals surface area contributed by atoms with Crippen molar-refractivity contribution in [3.8, 4) is 0 Å². The van der Waals surface area contributed by atoms with Gasteiger partial charge in [-0.3, -0.25) is 0 Å². The molecule has 0 spiro atoms. The Labute approximate surface area is 68.0 Å². The van der Waals surface area contributed by atoms with Gasteiger partial charge in [-0.15, -0.1) is 0 Å². The maximum atomic E-state index is 12.3. The predicted octanol–water partition coefficient (Wildman–Crippen LogP) is 1.52. The first-order valence-electron chi connectivity index (χ1n) is 2.59. The van der Waals surface area contributed by atoms with E-state index in [0.29, 0.717) is 0 Å². The molecule has 0 amide bonds. The van der Waals surface area contributed by atoms with Crippen molar-refractivity contribution in [2.45, 2.75) is 0 Å². The minimum absolute atomic E-state index is 0.161. The van der Waals surface area contributed by atoms with Gasteiger partial charge in [0.2, 0.25) is 0 Å². The van der Waals surface area contributed by atoms with E-state index in [1.54, 1.807) is 6.07 Å². The van der Waals surface area contributed by atoms with Gasteiger partial charge >= 0.3 is 68.0 Å². The summed E-state index contributed by atoms with van der Waals surface area (Å²) in [5.41, 5.74) is 0.966. The van der Waals surface area contributed by atoms with Crippen molar-refractivity contribution in [1.29, 1.82) is 0 Å². The van der Waals surface area contributed by atoms with Gasteiger partial charge in [-0.1, -0.05) is 0 Å². The Kier molecular flexibility index (Phi) is 2.47. The second kappa shape index (κ2) is 3.17. The van der Waals surface area contributed by atoms with Crippen LogP contribution in [0.15, 0.2) is 24.3 Å². The third kappa shape index (κ3) is 1.94. The van der Waals surface area contributed by atoms with Gasteiger partial charge in [-0.25, -0.2) is 0 Å². The molecule has 9 heavy (non-hydrogen) atoms. The molecule has 1 aromatic rings. The van der Waals surface area contributed by atoms with Crippen molar-refractivity contribution in [1.82, 2.24) is 0 Å². The second-order valence-electron chi connectivity index (χ2n) is 1.70. The molecule has 0 saturated heterocycles. The third-order valence-corrected chi connectivity index (χ3v) is 1.83. The molecule has 0 saturated carbocycles. The number of halogens is 1. The van der Waals surface area contributed by atoms with Gasteiger partial charge in [0.05, 0.1) is 0 Å². The Balaban J connectivity index is 3.07. The van der Waals surface area contributed by atoms with Crippen LogP contribution in [0.4, 0.5) is 4.39 Å². The summed E-state index contributed by atoms with van der Waals surface area (Å²) in [5.74, 6) is -0.161. The van der Waals surface area contributed by atoms with E-state index in [2.05, 4.69) is 0 Å². The zero-order chi connectivity index (χ0) is 6.69. The summed E-state index contributed by atoms with van der Waals surface area (Å²) < 4.78 is 14.3. The van der Waals surface area contributed by atoms with Gasteiger partial charge < -0.3 is 0 Å². The zero-order valence-electron chi connectivity index (χ0n) is 4.76. The molecule has 0 unspecified atom stereocenters. The summed E-state index contributed by atoms with van der Waals surface area (Å²) in [6, 6.07) is 6.57. The Morgan fingerprint density at radius 1 is 1.44 bits per heavy atom. The molecule has 0 aliphatic carbocycles. The van der Waals surface area contributed by atoms with Crippen molar-refractivity contribution in [3.63, 3.8) is 0 Å². The van der Waals surface area contributed by atoms with Crippen molar-refractivity contribution in [3.05, 3.63) is 35.6 Å². The first kappa shape index (κ1) is 7.02. The Morgan fingerprint density at radius 3 is 2.67 bits per heavy atom. The maximum absolute atomic E-state index is 12.3. The summed E-state index contributed by atoms with van der Waals surface area (Å²) >= 11 is 1.30. The molecular weight excluding hydrogens is 194 g/mol. The van der Waals surface area contributed by atoms with E-state index in [1.165, 1.54) is 36.4 Å². The topological polar surface area (TPSA) is 0 Å². The fraction of sp³-hybridized carbons (Fsp3) is 0. The van der Waals surface area contributed by atoms with E-state index >= 15 is 0 Å². The summed E-state index contributed by atoms with van der Waals surface area (Å²) in [7, 11) is 0. The van der Waals surface area contributed by atoms with Crippen LogP contribution in [0, 0.1) is 5.82 Å². The van der Waals surface area contributed by atoms with Gasteiger partial charge in [0.15, 0.2) is 0 Å². The van der Waals surface area contributed by atoms with Crippen LogP contribution in [-0.4, -0.2) is 3.71 Å². The monoisotopic (exact) mass is 198 g/mol. The summed E-state index contributed by atoms with van der Waals surface area (Å²) in [6.07, 6.45) is 0. The molecule has 2 heteroatoms. The quantitative estimate of drug-likeness (QED) is 0.643. The molecule has 0 aliphatic rings. The fourth-order valence-corrected chi connectivity index (χ4v) is 1.04. The molecule has 1 aromatic carbocycles. The molecular formula is C7H5FZr+2. The Bertz CT molecular complexity index is 220. The summed E-state index contributed by atoms with van der Waals surface area (Å²) in [4.78, 5) is 0. The molecule has 0 heterocycles. The van der Waals surface area contributed by atoms with Crippen LogP contribution in [0.2, 0.25) is 0 Å². The van der Waals surface area contributed by atoms with Crippen LogP contribution in [0.3, 0.4) is 0 Å². The SMILES string of the molecule is Fc1cccc([CH]=[Zr+2])c1. The molecule has 0 radical (unpaired) electrons. The Hall–Kier alpha value is -0.0969.